The van der Waals surface area contributed by atoms with Crippen LogP contribution in [0.5, 0.6) is 0 Å². The van der Waals surface area contributed by atoms with E-state index in [1.54, 1.807) is 0 Å². The fourth-order valence-electron chi connectivity index (χ4n) is 2.50. The van der Waals surface area contributed by atoms with Gasteiger partial charge in [-0.05, 0) is 13.0 Å². The van der Waals surface area contributed by atoms with E-state index in [0.717, 1.165) is 17.9 Å². The fraction of sp³-hybridized carbons (Fsp3) is 0.824. The molecule has 1 aliphatic rings. The number of carbonyl (C=O) groups is 1. The summed E-state index contributed by atoms with van der Waals surface area (Å²) < 4.78 is 22.6. The van der Waals surface area contributed by atoms with E-state index < -0.39 is 20.0 Å². The lowest BCUT2D eigenvalue weighted by atomic mass is 9.86. The van der Waals surface area contributed by atoms with Crippen molar-refractivity contribution in [3.05, 3.63) is 12.2 Å². The SMILES string of the molecule is C=C1C[C@](OC)([C@@H](C=O)OCOCC[Si](C)(C)C)O[C@H](C)[C@@H]1C. The van der Waals surface area contributed by atoms with Gasteiger partial charge in [-0.1, -0.05) is 38.7 Å². The Hall–Kier alpha value is -0.533. The number of carbonyl (C=O) groups excluding carboxylic acids is 1. The van der Waals surface area contributed by atoms with Crippen LogP contribution in [0.4, 0.5) is 0 Å². The topological polar surface area (TPSA) is 54.0 Å². The number of hydrogen-bond donors (Lipinski definition) is 0. The largest absolute Gasteiger partial charge is 0.356 e. The lowest BCUT2D eigenvalue weighted by Crippen LogP contribution is -2.55. The molecule has 1 aliphatic heterocycles. The van der Waals surface area contributed by atoms with Crippen molar-refractivity contribution in [1.82, 2.24) is 0 Å². The maximum Gasteiger partial charge on any atom is 0.205 e. The standard InChI is InChI=1S/C17H32O5Si/c1-13-10-17(19-4,22-15(3)14(13)2)16(11-18)21-12-20-8-9-23(5,6)7/h11,14-16H,1,8-10,12H2,2-7H3/t14-,15-,16-,17-/m1/s1. The number of methoxy groups -OCH3 is 1. The van der Waals surface area contributed by atoms with Crippen molar-refractivity contribution < 1.29 is 23.7 Å². The van der Waals surface area contributed by atoms with Gasteiger partial charge in [-0.25, -0.2) is 0 Å². The van der Waals surface area contributed by atoms with Crippen LogP contribution in [0.3, 0.4) is 0 Å². The van der Waals surface area contributed by atoms with E-state index in [2.05, 4.69) is 33.1 Å². The molecule has 0 saturated carbocycles. The highest BCUT2D eigenvalue weighted by molar-refractivity contribution is 6.76. The van der Waals surface area contributed by atoms with E-state index >= 15 is 0 Å². The minimum absolute atomic E-state index is 0.0543. The summed E-state index contributed by atoms with van der Waals surface area (Å²) >= 11 is 0. The molecular weight excluding hydrogens is 312 g/mol. The Kier molecular flexibility index (Phi) is 7.61. The van der Waals surface area contributed by atoms with Gasteiger partial charge in [-0.2, -0.15) is 0 Å². The zero-order valence-electron chi connectivity index (χ0n) is 15.4. The highest BCUT2D eigenvalue weighted by Crippen LogP contribution is 2.38. The Morgan fingerprint density at radius 2 is 2.09 bits per heavy atom. The maximum absolute atomic E-state index is 11.5. The summed E-state index contributed by atoms with van der Waals surface area (Å²) in [7, 11) is 0.396. The Morgan fingerprint density at radius 3 is 2.57 bits per heavy atom. The maximum atomic E-state index is 11.5. The van der Waals surface area contributed by atoms with Crippen LogP contribution in [0.25, 0.3) is 0 Å². The van der Waals surface area contributed by atoms with Crippen LogP contribution in [-0.4, -0.2) is 52.9 Å². The first-order chi connectivity index (χ1) is 10.6. The van der Waals surface area contributed by atoms with Crippen LogP contribution in [0.15, 0.2) is 12.2 Å². The molecule has 0 amide bonds. The van der Waals surface area contributed by atoms with Crippen molar-refractivity contribution in [2.24, 2.45) is 5.92 Å². The predicted octanol–water partition coefficient (Wildman–Crippen LogP) is 3.23. The molecule has 0 aromatic heterocycles. The van der Waals surface area contributed by atoms with Gasteiger partial charge in [-0.15, -0.1) is 0 Å². The highest BCUT2D eigenvalue weighted by atomic mass is 28.3. The summed E-state index contributed by atoms with van der Waals surface area (Å²) in [4.78, 5) is 11.5. The molecule has 1 fully saturated rings. The first kappa shape index (κ1) is 20.5. The molecule has 1 rings (SSSR count). The van der Waals surface area contributed by atoms with E-state index in [1.165, 1.54) is 7.11 Å². The summed E-state index contributed by atoms with van der Waals surface area (Å²) in [5.41, 5.74) is 1.00. The lowest BCUT2D eigenvalue weighted by Gasteiger charge is -2.45. The first-order valence-corrected chi connectivity index (χ1v) is 11.9. The number of rotatable bonds is 9. The van der Waals surface area contributed by atoms with Gasteiger partial charge in [-0.3, -0.25) is 0 Å². The quantitative estimate of drug-likeness (QED) is 0.211. The van der Waals surface area contributed by atoms with Gasteiger partial charge in [0.05, 0.1) is 6.10 Å². The van der Waals surface area contributed by atoms with Crippen LogP contribution < -0.4 is 0 Å². The molecule has 0 aliphatic carbocycles. The molecule has 134 valence electrons. The fourth-order valence-corrected chi connectivity index (χ4v) is 3.26. The Labute approximate surface area is 141 Å². The minimum atomic E-state index is -1.13. The van der Waals surface area contributed by atoms with Crippen molar-refractivity contribution in [3.8, 4) is 0 Å². The summed E-state index contributed by atoms with van der Waals surface area (Å²) in [6.45, 7) is 15.7. The molecule has 6 heteroatoms. The zero-order chi connectivity index (χ0) is 17.7. The van der Waals surface area contributed by atoms with Gasteiger partial charge in [0.1, 0.15) is 6.79 Å². The van der Waals surface area contributed by atoms with E-state index in [4.69, 9.17) is 18.9 Å². The third kappa shape index (κ3) is 5.80. The molecule has 0 radical (unpaired) electrons. The van der Waals surface area contributed by atoms with Crippen molar-refractivity contribution in [2.45, 2.75) is 63.9 Å². The highest BCUT2D eigenvalue weighted by Gasteiger charge is 2.48. The Bertz CT molecular complexity index is 406. The van der Waals surface area contributed by atoms with Crippen molar-refractivity contribution >= 4 is 14.4 Å². The van der Waals surface area contributed by atoms with Gasteiger partial charge in [0, 0.05) is 34.1 Å². The van der Waals surface area contributed by atoms with Crippen LogP contribution in [0.2, 0.25) is 25.7 Å². The third-order valence-corrected chi connectivity index (χ3v) is 6.14. The van der Waals surface area contributed by atoms with E-state index in [0.29, 0.717) is 13.0 Å². The molecule has 23 heavy (non-hydrogen) atoms. The van der Waals surface area contributed by atoms with Gasteiger partial charge in [0.15, 0.2) is 12.4 Å². The molecule has 0 unspecified atom stereocenters. The van der Waals surface area contributed by atoms with Gasteiger partial charge in [0.25, 0.3) is 0 Å². The number of hydrogen-bond acceptors (Lipinski definition) is 5. The van der Waals surface area contributed by atoms with Gasteiger partial charge >= 0.3 is 0 Å². The average Bonchev–Trinajstić information content (AvgIpc) is 2.47. The van der Waals surface area contributed by atoms with Gasteiger partial charge < -0.3 is 23.7 Å². The van der Waals surface area contributed by atoms with Crippen LogP contribution in [-0.2, 0) is 23.7 Å². The Balaban J connectivity index is 2.60. The second-order valence-electron chi connectivity index (χ2n) is 7.52. The predicted molar refractivity (Wildman–Crippen MR) is 93.1 cm³/mol. The zero-order valence-corrected chi connectivity index (χ0v) is 16.4. The van der Waals surface area contributed by atoms with E-state index in [1.807, 2.05) is 6.92 Å². The van der Waals surface area contributed by atoms with Crippen LogP contribution in [0, 0.1) is 5.92 Å². The molecule has 0 N–H and O–H groups in total. The lowest BCUT2D eigenvalue weighted by molar-refractivity contribution is -0.309. The average molecular weight is 345 g/mol. The van der Waals surface area contributed by atoms with Crippen LogP contribution >= 0.6 is 0 Å². The smallest absolute Gasteiger partial charge is 0.205 e. The summed E-state index contributed by atoms with van der Waals surface area (Å²) in [6.07, 6.45) is 0.232. The summed E-state index contributed by atoms with van der Waals surface area (Å²) in [5.74, 6) is -0.897. The molecule has 4 atom stereocenters. The monoisotopic (exact) mass is 344 g/mol. The van der Waals surface area contributed by atoms with E-state index in [9.17, 15) is 4.79 Å². The van der Waals surface area contributed by atoms with Crippen molar-refractivity contribution in [2.75, 3.05) is 20.5 Å². The normalized spacial score (nSPS) is 30.3. The molecule has 1 heterocycles. The second-order valence-corrected chi connectivity index (χ2v) is 13.1. The van der Waals surface area contributed by atoms with Crippen molar-refractivity contribution in [1.29, 1.82) is 0 Å². The van der Waals surface area contributed by atoms with E-state index in [-0.39, 0.29) is 18.8 Å². The molecule has 0 bridgehead atoms. The minimum Gasteiger partial charge on any atom is -0.356 e. The van der Waals surface area contributed by atoms with Crippen molar-refractivity contribution in [3.63, 3.8) is 0 Å². The third-order valence-electron chi connectivity index (χ3n) is 4.44. The summed E-state index contributed by atoms with van der Waals surface area (Å²) in [6, 6.07) is 1.05. The van der Waals surface area contributed by atoms with Crippen LogP contribution in [0.1, 0.15) is 20.3 Å². The molecular formula is C17H32O5Si. The Morgan fingerprint density at radius 1 is 1.43 bits per heavy atom. The molecule has 5 nitrogen and oxygen atoms in total. The molecule has 0 aromatic carbocycles. The molecule has 0 aromatic rings. The number of aldehydes is 1. The number of ether oxygens (including phenoxy) is 4. The van der Waals surface area contributed by atoms with Gasteiger partial charge in [0.2, 0.25) is 5.79 Å². The molecule has 0 spiro atoms. The molecule has 1 saturated heterocycles. The first-order valence-electron chi connectivity index (χ1n) is 8.20. The summed E-state index contributed by atoms with van der Waals surface area (Å²) in [5, 5.41) is 0. The second kappa shape index (κ2) is 8.53.